The maximum absolute atomic E-state index is 12.5. The van der Waals surface area contributed by atoms with Crippen LogP contribution < -0.4 is 9.62 Å². The Labute approximate surface area is 154 Å². The number of benzene rings is 1. The van der Waals surface area contributed by atoms with Gasteiger partial charge in [-0.2, -0.15) is 0 Å². The molecule has 1 atom stereocenters. The molecule has 0 spiro atoms. The van der Waals surface area contributed by atoms with Crippen LogP contribution in [0.3, 0.4) is 0 Å². The monoisotopic (exact) mass is 379 g/mol. The molecule has 1 saturated heterocycles. The van der Waals surface area contributed by atoms with Crippen molar-refractivity contribution in [3.05, 3.63) is 23.8 Å². The van der Waals surface area contributed by atoms with Crippen LogP contribution >= 0.6 is 0 Å². The lowest BCUT2D eigenvalue weighted by Crippen LogP contribution is -2.44. The fraction of sp³-hybridized carbons (Fsp3) is 0.556. The number of likely N-dealkylation sites (tertiary alicyclic amines) is 1. The van der Waals surface area contributed by atoms with Gasteiger partial charge in [-0.15, -0.1) is 0 Å². The minimum Gasteiger partial charge on any atom is -0.341 e. The van der Waals surface area contributed by atoms with E-state index in [1.807, 2.05) is 0 Å². The van der Waals surface area contributed by atoms with Crippen LogP contribution in [0.4, 0.5) is 5.69 Å². The molecule has 0 bridgehead atoms. The number of amides is 2. The molecule has 8 heteroatoms. The SMILES string of the molecule is CC(=O)N1CCc2cc(S(=O)(=O)NCC(=O)N3CCCC(C)C3)ccc21. The number of nitrogens with one attached hydrogen (secondary N) is 1. The topological polar surface area (TPSA) is 86.8 Å². The first kappa shape index (κ1) is 18.8. The first-order valence-corrected chi connectivity index (χ1v) is 10.4. The molecule has 1 N–H and O–H groups in total. The smallest absolute Gasteiger partial charge is 0.241 e. The number of hydrogen-bond donors (Lipinski definition) is 1. The van der Waals surface area contributed by atoms with Gasteiger partial charge in [0, 0.05) is 32.2 Å². The van der Waals surface area contributed by atoms with Gasteiger partial charge in [0.2, 0.25) is 21.8 Å². The predicted molar refractivity (Wildman–Crippen MR) is 98.3 cm³/mol. The third-order valence-electron chi connectivity index (χ3n) is 5.06. The van der Waals surface area contributed by atoms with E-state index in [-0.39, 0.29) is 23.3 Å². The van der Waals surface area contributed by atoms with E-state index in [1.165, 1.54) is 13.0 Å². The quantitative estimate of drug-likeness (QED) is 0.850. The van der Waals surface area contributed by atoms with Gasteiger partial charge in [-0.25, -0.2) is 13.1 Å². The summed E-state index contributed by atoms with van der Waals surface area (Å²) < 4.78 is 27.5. The van der Waals surface area contributed by atoms with Crippen LogP contribution in [0.5, 0.6) is 0 Å². The molecule has 3 rings (SSSR count). The zero-order chi connectivity index (χ0) is 18.9. The summed E-state index contributed by atoms with van der Waals surface area (Å²) in [5.41, 5.74) is 1.59. The Morgan fingerprint density at radius 2 is 2.04 bits per heavy atom. The fourth-order valence-corrected chi connectivity index (χ4v) is 4.66. The molecule has 2 amide bonds. The number of fused-ring (bicyclic) bond motifs is 1. The number of rotatable bonds is 4. The Balaban J connectivity index is 1.67. The predicted octanol–water partition coefficient (Wildman–Crippen LogP) is 1.13. The minimum absolute atomic E-state index is 0.0566. The lowest BCUT2D eigenvalue weighted by molar-refractivity contribution is -0.131. The molecule has 0 saturated carbocycles. The summed E-state index contributed by atoms with van der Waals surface area (Å²) in [5, 5.41) is 0. The summed E-state index contributed by atoms with van der Waals surface area (Å²) in [6.45, 7) is 5.29. The fourth-order valence-electron chi connectivity index (χ4n) is 3.64. The molecule has 1 aromatic rings. The molecule has 7 nitrogen and oxygen atoms in total. The Morgan fingerprint density at radius 1 is 1.27 bits per heavy atom. The van der Waals surface area contributed by atoms with Crippen LogP contribution in [0.1, 0.15) is 32.3 Å². The average Bonchev–Trinajstić information content (AvgIpc) is 3.03. The van der Waals surface area contributed by atoms with Crippen LogP contribution in [0.25, 0.3) is 0 Å². The third-order valence-corrected chi connectivity index (χ3v) is 6.46. The van der Waals surface area contributed by atoms with E-state index in [2.05, 4.69) is 11.6 Å². The molecule has 1 aromatic carbocycles. The van der Waals surface area contributed by atoms with Gasteiger partial charge in [-0.3, -0.25) is 9.59 Å². The first-order valence-electron chi connectivity index (χ1n) is 8.96. The van der Waals surface area contributed by atoms with Gasteiger partial charge in [-0.05, 0) is 48.9 Å². The van der Waals surface area contributed by atoms with Crippen LogP contribution in [-0.2, 0) is 26.0 Å². The van der Waals surface area contributed by atoms with Crippen molar-refractivity contribution in [1.29, 1.82) is 0 Å². The molecule has 26 heavy (non-hydrogen) atoms. The summed E-state index contributed by atoms with van der Waals surface area (Å²) in [4.78, 5) is 27.4. The van der Waals surface area contributed by atoms with Gasteiger partial charge in [0.15, 0.2) is 0 Å². The summed E-state index contributed by atoms with van der Waals surface area (Å²) >= 11 is 0. The largest absolute Gasteiger partial charge is 0.341 e. The van der Waals surface area contributed by atoms with Crippen molar-refractivity contribution in [2.45, 2.75) is 38.0 Å². The van der Waals surface area contributed by atoms with E-state index in [1.54, 1.807) is 21.9 Å². The van der Waals surface area contributed by atoms with Gasteiger partial charge >= 0.3 is 0 Å². The highest BCUT2D eigenvalue weighted by Crippen LogP contribution is 2.30. The number of sulfonamides is 1. The van der Waals surface area contributed by atoms with Crippen LogP contribution in [0.2, 0.25) is 0 Å². The van der Waals surface area contributed by atoms with Gasteiger partial charge < -0.3 is 9.80 Å². The van der Waals surface area contributed by atoms with Crippen molar-refractivity contribution < 1.29 is 18.0 Å². The lowest BCUT2D eigenvalue weighted by Gasteiger charge is -2.31. The maximum atomic E-state index is 12.5. The van der Waals surface area contributed by atoms with Crippen LogP contribution in [0.15, 0.2) is 23.1 Å². The third kappa shape index (κ3) is 3.91. The highest BCUT2D eigenvalue weighted by Gasteiger charge is 2.26. The molecule has 142 valence electrons. The summed E-state index contributed by atoms with van der Waals surface area (Å²) in [6, 6.07) is 4.73. The Bertz CT molecular complexity index is 822. The molecule has 1 unspecified atom stereocenters. The van der Waals surface area contributed by atoms with E-state index in [9.17, 15) is 18.0 Å². The molecule has 0 aliphatic carbocycles. The van der Waals surface area contributed by atoms with Crippen molar-refractivity contribution in [2.75, 3.05) is 31.1 Å². The van der Waals surface area contributed by atoms with E-state index >= 15 is 0 Å². The number of carbonyl (C=O) groups excluding carboxylic acids is 2. The second-order valence-electron chi connectivity index (χ2n) is 7.12. The Kier molecular flexibility index (Phi) is 5.34. The summed E-state index contributed by atoms with van der Waals surface area (Å²) in [6.07, 6.45) is 2.68. The molecule has 1 fully saturated rings. The first-order chi connectivity index (χ1) is 12.3. The highest BCUT2D eigenvalue weighted by molar-refractivity contribution is 7.89. The van der Waals surface area contributed by atoms with E-state index < -0.39 is 10.0 Å². The number of piperidine rings is 1. The maximum Gasteiger partial charge on any atom is 0.241 e. The summed E-state index contributed by atoms with van der Waals surface area (Å²) in [7, 11) is -3.77. The standard InChI is InChI=1S/C18H25N3O4S/c1-13-4-3-8-20(12-13)18(23)11-19-26(24,25)16-5-6-17-15(10-16)7-9-21(17)14(2)22/h5-6,10,13,19H,3-4,7-9,11-12H2,1-2H3. The number of carbonyl (C=O) groups is 2. The van der Waals surface area contributed by atoms with E-state index in [0.29, 0.717) is 32.0 Å². The van der Waals surface area contributed by atoms with E-state index in [0.717, 1.165) is 24.1 Å². The van der Waals surface area contributed by atoms with Crippen LogP contribution in [-0.4, -0.2) is 51.3 Å². The normalized spacial score (nSPS) is 20.2. The van der Waals surface area contributed by atoms with Gasteiger partial charge in [0.1, 0.15) is 0 Å². The minimum atomic E-state index is -3.77. The molecule has 2 aliphatic rings. The molecule has 2 aliphatic heterocycles. The highest BCUT2D eigenvalue weighted by atomic mass is 32.2. The number of hydrogen-bond acceptors (Lipinski definition) is 4. The lowest BCUT2D eigenvalue weighted by atomic mass is 10.0. The number of anilines is 1. The van der Waals surface area contributed by atoms with Crippen molar-refractivity contribution in [3.8, 4) is 0 Å². The zero-order valence-electron chi connectivity index (χ0n) is 15.2. The number of nitrogens with zero attached hydrogens (tertiary/aromatic N) is 2. The van der Waals surface area contributed by atoms with Gasteiger partial charge in [0.25, 0.3) is 0 Å². The van der Waals surface area contributed by atoms with E-state index in [4.69, 9.17) is 0 Å². The summed E-state index contributed by atoms with van der Waals surface area (Å²) in [5.74, 6) is 0.202. The second kappa shape index (κ2) is 7.36. The molecular formula is C18H25N3O4S. The molecular weight excluding hydrogens is 354 g/mol. The molecule has 0 aromatic heterocycles. The van der Waals surface area contributed by atoms with Crippen LogP contribution in [0, 0.1) is 5.92 Å². The van der Waals surface area contributed by atoms with Crippen molar-refractivity contribution in [1.82, 2.24) is 9.62 Å². The average molecular weight is 379 g/mol. The molecule has 2 heterocycles. The van der Waals surface area contributed by atoms with Gasteiger partial charge in [-0.1, -0.05) is 6.92 Å². The molecule has 0 radical (unpaired) electrons. The van der Waals surface area contributed by atoms with Crippen molar-refractivity contribution in [3.63, 3.8) is 0 Å². The Morgan fingerprint density at radius 3 is 2.73 bits per heavy atom. The zero-order valence-corrected chi connectivity index (χ0v) is 16.0. The van der Waals surface area contributed by atoms with Crippen molar-refractivity contribution >= 4 is 27.5 Å². The second-order valence-corrected chi connectivity index (χ2v) is 8.89. The van der Waals surface area contributed by atoms with Crippen molar-refractivity contribution in [2.24, 2.45) is 5.92 Å². The Hall–Kier alpha value is -1.93. The van der Waals surface area contributed by atoms with Gasteiger partial charge in [0.05, 0.1) is 11.4 Å².